The van der Waals surface area contributed by atoms with Crippen LogP contribution < -0.4 is 9.80 Å². The number of aromatic nitrogens is 1. The summed E-state index contributed by atoms with van der Waals surface area (Å²) in [5, 5.41) is 0.638. The topological polar surface area (TPSA) is 53.5 Å². The third-order valence-electron chi connectivity index (χ3n) is 3.15. The Morgan fingerprint density at radius 2 is 1.68 bits per heavy atom. The minimum Gasteiger partial charge on any atom is -0.273 e. The molecule has 0 bridgehead atoms. The van der Waals surface area contributed by atoms with Crippen LogP contribution in [0.15, 0.2) is 48.7 Å². The lowest BCUT2D eigenvalue weighted by Crippen LogP contribution is -2.55. The van der Waals surface area contributed by atoms with Gasteiger partial charge in [0.1, 0.15) is 12.2 Å². The van der Waals surface area contributed by atoms with Crippen molar-refractivity contribution in [3.05, 3.63) is 53.7 Å². The zero-order chi connectivity index (χ0) is 15.7. The lowest BCUT2D eigenvalue weighted by molar-refractivity contribution is -0.126. The Bertz CT molecular complexity index is 749. The molecule has 0 radical (unpaired) electrons. The van der Waals surface area contributed by atoms with E-state index in [-0.39, 0.29) is 23.3 Å². The Labute approximate surface area is 137 Å². The maximum atomic E-state index is 12.2. The number of amides is 2. The van der Waals surface area contributed by atoms with Gasteiger partial charge >= 0.3 is 0 Å². The molecule has 0 atom stereocenters. The highest BCUT2D eigenvalue weighted by molar-refractivity contribution is 7.81. The smallest absolute Gasteiger partial charge is 0.244 e. The molecule has 1 aromatic carbocycles. The van der Waals surface area contributed by atoms with Gasteiger partial charge in [-0.3, -0.25) is 14.5 Å². The quantitative estimate of drug-likeness (QED) is 0.627. The minimum atomic E-state index is -0.390. The molecule has 0 spiro atoms. The Kier molecular flexibility index (Phi) is 3.87. The van der Waals surface area contributed by atoms with E-state index in [4.69, 9.17) is 23.8 Å². The Hall–Kier alpha value is -2.31. The number of carbonyl (C=O) groups is 2. The Morgan fingerprint density at radius 3 is 2.32 bits per heavy atom. The molecule has 5 nitrogen and oxygen atoms in total. The van der Waals surface area contributed by atoms with Gasteiger partial charge in [-0.25, -0.2) is 9.88 Å². The summed E-state index contributed by atoms with van der Waals surface area (Å²) in [4.78, 5) is 31.1. The lowest BCUT2D eigenvalue weighted by atomic mass is 10.2. The normalized spacial score (nSPS) is 15.4. The minimum absolute atomic E-state index is 0.0854. The highest BCUT2D eigenvalue weighted by Gasteiger charge is 2.37. The van der Waals surface area contributed by atoms with Crippen LogP contribution in [0.2, 0.25) is 5.02 Å². The number of rotatable bonds is 2. The van der Waals surface area contributed by atoms with E-state index >= 15 is 0 Å². The van der Waals surface area contributed by atoms with Gasteiger partial charge in [-0.1, -0.05) is 17.7 Å². The van der Waals surface area contributed by atoms with Crippen LogP contribution in [0.1, 0.15) is 6.42 Å². The fraction of sp³-hybridized carbons (Fsp3) is 0.0667. The van der Waals surface area contributed by atoms with Gasteiger partial charge in [0.05, 0.1) is 5.69 Å². The maximum absolute atomic E-state index is 12.2. The van der Waals surface area contributed by atoms with E-state index in [1.54, 1.807) is 48.7 Å². The molecule has 0 unspecified atom stereocenters. The molecule has 2 heterocycles. The summed E-state index contributed by atoms with van der Waals surface area (Å²) in [5.74, 6) is -0.368. The van der Waals surface area contributed by atoms with Gasteiger partial charge in [0.15, 0.2) is 5.11 Å². The number of nitrogens with zero attached hydrogens (tertiary/aromatic N) is 3. The molecule has 3 rings (SSSR count). The number of thiocarbonyl (C=S) groups is 1. The first kappa shape index (κ1) is 14.6. The summed E-state index contributed by atoms with van der Waals surface area (Å²) in [5.41, 5.74) is 0.563. The van der Waals surface area contributed by atoms with Crippen molar-refractivity contribution in [3.63, 3.8) is 0 Å². The van der Waals surface area contributed by atoms with Crippen LogP contribution in [0, 0.1) is 0 Å². The molecule has 1 fully saturated rings. The number of hydrogen-bond acceptors (Lipinski definition) is 4. The molecule has 1 aliphatic heterocycles. The number of hydrogen-bond donors (Lipinski definition) is 0. The van der Waals surface area contributed by atoms with Crippen molar-refractivity contribution in [3.8, 4) is 0 Å². The van der Waals surface area contributed by atoms with Crippen LogP contribution in [0.25, 0.3) is 0 Å². The van der Waals surface area contributed by atoms with Crippen molar-refractivity contribution in [2.75, 3.05) is 9.80 Å². The molecule has 1 aromatic heterocycles. The van der Waals surface area contributed by atoms with E-state index in [0.717, 1.165) is 0 Å². The van der Waals surface area contributed by atoms with Gasteiger partial charge in [-0.15, -0.1) is 0 Å². The van der Waals surface area contributed by atoms with Gasteiger partial charge in [0, 0.05) is 11.2 Å². The summed E-state index contributed by atoms with van der Waals surface area (Å²) in [7, 11) is 0. The SMILES string of the molecule is O=C1CC(=O)N(c2ccccn2)C(=S)N1c1ccc(Cl)cc1. The second kappa shape index (κ2) is 5.82. The molecule has 1 aliphatic rings. The second-order valence-electron chi connectivity index (χ2n) is 4.58. The molecular weight excluding hydrogens is 322 g/mol. The largest absolute Gasteiger partial charge is 0.273 e. The van der Waals surface area contributed by atoms with E-state index in [1.165, 1.54) is 9.80 Å². The number of carbonyl (C=O) groups excluding carboxylic acids is 2. The molecule has 7 heteroatoms. The van der Waals surface area contributed by atoms with Crippen molar-refractivity contribution in [1.29, 1.82) is 0 Å². The number of benzene rings is 1. The predicted molar refractivity (Wildman–Crippen MR) is 87.9 cm³/mol. The molecule has 1 saturated heterocycles. The van der Waals surface area contributed by atoms with Crippen LogP contribution in [-0.2, 0) is 9.59 Å². The van der Waals surface area contributed by atoms with Crippen LogP contribution in [0.4, 0.5) is 11.5 Å². The monoisotopic (exact) mass is 331 g/mol. The summed E-state index contributed by atoms with van der Waals surface area (Å²) in [6, 6.07) is 11.8. The van der Waals surface area contributed by atoms with E-state index < -0.39 is 0 Å². The molecule has 2 amide bonds. The van der Waals surface area contributed by atoms with Gasteiger partial charge < -0.3 is 0 Å². The van der Waals surface area contributed by atoms with Gasteiger partial charge in [0.25, 0.3) is 0 Å². The summed E-state index contributed by atoms with van der Waals surface area (Å²) in [6.45, 7) is 0. The average molecular weight is 332 g/mol. The van der Waals surface area contributed by atoms with Gasteiger partial charge in [-0.2, -0.15) is 0 Å². The average Bonchev–Trinajstić information content (AvgIpc) is 2.50. The Morgan fingerprint density at radius 1 is 1.00 bits per heavy atom. The van der Waals surface area contributed by atoms with Crippen molar-refractivity contribution in [2.24, 2.45) is 0 Å². The van der Waals surface area contributed by atoms with Gasteiger partial charge in [-0.05, 0) is 48.6 Å². The van der Waals surface area contributed by atoms with E-state index in [0.29, 0.717) is 16.5 Å². The summed E-state index contributed by atoms with van der Waals surface area (Å²) < 4.78 is 0. The highest BCUT2D eigenvalue weighted by atomic mass is 35.5. The standard InChI is InChI=1S/C15H10ClN3O2S/c16-10-4-6-11(7-5-10)18-13(20)9-14(21)19(15(18)22)12-3-1-2-8-17-12/h1-8H,9H2. The molecule has 2 aromatic rings. The summed E-state index contributed by atoms with van der Waals surface area (Å²) >= 11 is 11.2. The van der Waals surface area contributed by atoms with E-state index in [1.807, 2.05) is 0 Å². The number of halogens is 1. The molecule has 22 heavy (non-hydrogen) atoms. The zero-order valence-electron chi connectivity index (χ0n) is 11.3. The lowest BCUT2D eigenvalue weighted by Gasteiger charge is -2.34. The van der Waals surface area contributed by atoms with Crippen LogP contribution in [0.5, 0.6) is 0 Å². The first-order valence-electron chi connectivity index (χ1n) is 6.44. The fourth-order valence-corrected chi connectivity index (χ4v) is 2.69. The molecule has 0 saturated carbocycles. The van der Waals surface area contributed by atoms with E-state index in [9.17, 15) is 9.59 Å². The van der Waals surface area contributed by atoms with Crippen LogP contribution >= 0.6 is 23.8 Å². The zero-order valence-corrected chi connectivity index (χ0v) is 12.8. The third-order valence-corrected chi connectivity index (χ3v) is 3.76. The van der Waals surface area contributed by atoms with Crippen LogP contribution in [-0.4, -0.2) is 21.9 Å². The summed E-state index contributed by atoms with van der Waals surface area (Å²) in [6.07, 6.45) is 1.30. The predicted octanol–water partition coefficient (Wildman–Crippen LogP) is 2.79. The fourth-order valence-electron chi connectivity index (χ4n) is 2.16. The van der Waals surface area contributed by atoms with Gasteiger partial charge in [0.2, 0.25) is 11.8 Å². The second-order valence-corrected chi connectivity index (χ2v) is 5.38. The van der Waals surface area contributed by atoms with Crippen LogP contribution in [0.3, 0.4) is 0 Å². The van der Waals surface area contributed by atoms with Crippen molar-refractivity contribution >= 4 is 52.3 Å². The molecule has 0 N–H and O–H groups in total. The first-order chi connectivity index (χ1) is 10.6. The molecular formula is C15H10ClN3O2S. The number of pyridine rings is 1. The molecule has 0 aliphatic carbocycles. The maximum Gasteiger partial charge on any atom is 0.244 e. The van der Waals surface area contributed by atoms with Crippen molar-refractivity contribution < 1.29 is 9.59 Å². The highest BCUT2D eigenvalue weighted by Crippen LogP contribution is 2.26. The number of anilines is 2. The van der Waals surface area contributed by atoms with Crippen molar-refractivity contribution in [1.82, 2.24) is 4.98 Å². The first-order valence-corrected chi connectivity index (χ1v) is 7.23. The van der Waals surface area contributed by atoms with E-state index in [2.05, 4.69) is 4.98 Å². The van der Waals surface area contributed by atoms with Crippen molar-refractivity contribution in [2.45, 2.75) is 6.42 Å². The third kappa shape index (κ3) is 2.58. The Balaban J connectivity index is 2.01. The molecule has 110 valence electrons.